The molecule has 0 amide bonds. The Morgan fingerprint density at radius 2 is 2.04 bits per heavy atom. The van der Waals surface area contributed by atoms with E-state index in [1.807, 2.05) is 30.3 Å². The number of nitrogens with two attached hydrogens (primary N) is 1. The van der Waals surface area contributed by atoms with Gasteiger partial charge >= 0.3 is 5.69 Å². The van der Waals surface area contributed by atoms with Crippen molar-refractivity contribution in [2.75, 3.05) is 5.32 Å². The molecular weight excluding hydrogens is 376 g/mol. The molecule has 0 unspecified atom stereocenters. The quantitative estimate of drug-likeness (QED) is 0.644. The Bertz CT molecular complexity index is 1180. The number of para-hydroxylation sites is 1. The van der Waals surface area contributed by atoms with Crippen LogP contribution < -0.4 is 16.7 Å². The molecule has 3 N–H and O–H groups in total. The Kier molecular flexibility index (Phi) is 4.65. The van der Waals surface area contributed by atoms with Crippen LogP contribution in [0.2, 0.25) is 5.02 Å². The van der Waals surface area contributed by atoms with Crippen LogP contribution in [0, 0.1) is 0 Å². The summed E-state index contributed by atoms with van der Waals surface area (Å²) in [6, 6.07) is 13.1. The molecule has 3 aromatic rings. The number of carbonyl (C=O) groups is 1. The largest absolute Gasteiger partial charge is 0.403 e. The van der Waals surface area contributed by atoms with E-state index in [2.05, 4.69) is 10.3 Å². The fourth-order valence-electron chi connectivity index (χ4n) is 3.25. The van der Waals surface area contributed by atoms with Crippen molar-refractivity contribution in [3.05, 3.63) is 75.4 Å². The number of nitrogens with zero attached hydrogens (tertiary/aromatic N) is 2. The number of anilines is 1. The van der Waals surface area contributed by atoms with Crippen molar-refractivity contribution >= 4 is 34.1 Å². The number of fused-ring (bicyclic) bond motifs is 1. The number of benzene rings is 2. The van der Waals surface area contributed by atoms with Crippen molar-refractivity contribution in [3.8, 4) is 5.69 Å². The summed E-state index contributed by atoms with van der Waals surface area (Å²) in [5, 5.41) is 4.05. The van der Waals surface area contributed by atoms with Crippen LogP contribution in [0.3, 0.4) is 0 Å². The van der Waals surface area contributed by atoms with Gasteiger partial charge in [-0.05, 0) is 48.6 Å². The van der Waals surface area contributed by atoms with Gasteiger partial charge in [-0.1, -0.05) is 29.8 Å². The van der Waals surface area contributed by atoms with Gasteiger partial charge in [-0.15, -0.1) is 0 Å². The van der Waals surface area contributed by atoms with E-state index in [9.17, 15) is 9.59 Å². The molecule has 142 valence electrons. The number of halogens is 1. The molecule has 2 aromatic carbocycles. The van der Waals surface area contributed by atoms with Crippen molar-refractivity contribution in [2.24, 2.45) is 5.73 Å². The van der Waals surface area contributed by atoms with Crippen LogP contribution >= 0.6 is 11.6 Å². The highest BCUT2D eigenvalue weighted by Gasteiger charge is 2.25. The zero-order valence-electron chi connectivity index (χ0n) is 15.3. The van der Waals surface area contributed by atoms with Crippen LogP contribution in [-0.4, -0.2) is 15.3 Å². The molecule has 1 saturated carbocycles. The van der Waals surface area contributed by atoms with Gasteiger partial charge < -0.3 is 11.1 Å². The summed E-state index contributed by atoms with van der Waals surface area (Å²) >= 11 is 6.36. The maximum atomic E-state index is 13.0. The smallest absolute Gasteiger partial charge is 0.354 e. The molecule has 1 aliphatic rings. The standard InChI is InChI=1S/C21H19ClN4O2/c1-12(27)17(11-23)24-20-15-9-8-14(13-6-7-13)10-19(15)26(21(28)25-20)18-5-3-2-4-16(18)22/h2-5,8-11,13H,6-7,23H2,1H3,(H,24,25,28)/b17-11+. The highest BCUT2D eigenvalue weighted by atomic mass is 35.5. The lowest BCUT2D eigenvalue weighted by Crippen LogP contribution is -2.24. The highest BCUT2D eigenvalue weighted by molar-refractivity contribution is 6.32. The van der Waals surface area contributed by atoms with E-state index in [4.69, 9.17) is 17.3 Å². The lowest BCUT2D eigenvalue weighted by atomic mass is 10.1. The minimum atomic E-state index is -0.490. The van der Waals surface area contributed by atoms with Crippen LogP contribution in [-0.2, 0) is 4.79 Å². The molecule has 0 atom stereocenters. The monoisotopic (exact) mass is 394 g/mol. The van der Waals surface area contributed by atoms with Gasteiger partial charge in [-0.2, -0.15) is 4.98 Å². The third kappa shape index (κ3) is 3.27. The first-order valence-electron chi connectivity index (χ1n) is 9.01. The van der Waals surface area contributed by atoms with Crippen molar-refractivity contribution in [2.45, 2.75) is 25.7 Å². The summed E-state index contributed by atoms with van der Waals surface area (Å²) in [6.45, 7) is 1.39. The Morgan fingerprint density at radius 3 is 2.68 bits per heavy atom. The normalized spacial score (nSPS) is 14.3. The topological polar surface area (TPSA) is 90.0 Å². The SMILES string of the molecule is CC(=O)/C(=C\N)Nc1nc(=O)n(-c2ccccc2Cl)c2cc(C3CC3)ccc12. The molecule has 6 nitrogen and oxygen atoms in total. The number of nitrogens with one attached hydrogen (secondary N) is 1. The number of rotatable bonds is 5. The zero-order chi connectivity index (χ0) is 19.8. The molecule has 28 heavy (non-hydrogen) atoms. The Hall–Kier alpha value is -3.12. The Morgan fingerprint density at radius 1 is 1.29 bits per heavy atom. The number of aromatic nitrogens is 2. The van der Waals surface area contributed by atoms with E-state index in [1.54, 1.807) is 12.1 Å². The molecule has 0 radical (unpaired) electrons. The maximum absolute atomic E-state index is 13.0. The summed E-state index contributed by atoms with van der Waals surface area (Å²) in [5.41, 5.74) is 7.64. The number of hydrogen-bond donors (Lipinski definition) is 2. The molecule has 1 fully saturated rings. The predicted molar refractivity (Wildman–Crippen MR) is 111 cm³/mol. The Balaban J connectivity index is 2.00. The first-order chi connectivity index (χ1) is 13.5. The van der Waals surface area contributed by atoms with Gasteiger partial charge in [-0.3, -0.25) is 9.36 Å². The highest BCUT2D eigenvalue weighted by Crippen LogP contribution is 2.41. The molecular formula is C21H19ClN4O2. The molecule has 0 aliphatic heterocycles. The van der Waals surface area contributed by atoms with E-state index in [1.165, 1.54) is 23.3 Å². The number of ketones is 1. The van der Waals surface area contributed by atoms with E-state index >= 15 is 0 Å². The summed E-state index contributed by atoms with van der Waals surface area (Å²) in [4.78, 5) is 28.9. The summed E-state index contributed by atoms with van der Waals surface area (Å²) < 4.78 is 1.51. The number of carbonyl (C=O) groups excluding carboxylic acids is 1. The second-order valence-electron chi connectivity index (χ2n) is 6.84. The number of allylic oxidation sites excluding steroid dienone is 1. The minimum Gasteiger partial charge on any atom is -0.403 e. The third-order valence-corrected chi connectivity index (χ3v) is 5.18. The van der Waals surface area contributed by atoms with E-state index < -0.39 is 5.69 Å². The van der Waals surface area contributed by atoms with Crippen LogP contribution in [0.5, 0.6) is 0 Å². The van der Waals surface area contributed by atoms with Gasteiger partial charge in [0, 0.05) is 18.5 Å². The lowest BCUT2D eigenvalue weighted by molar-refractivity contribution is -0.113. The van der Waals surface area contributed by atoms with E-state index in [0.717, 1.165) is 12.8 Å². The molecule has 1 aliphatic carbocycles. The molecule has 4 rings (SSSR count). The van der Waals surface area contributed by atoms with Crippen LogP contribution in [0.1, 0.15) is 31.2 Å². The van der Waals surface area contributed by atoms with Crippen molar-refractivity contribution < 1.29 is 4.79 Å². The maximum Gasteiger partial charge on any atom is 0.354 e. The van der Waals surface area contributed by atoms with Crippen molar-refractivity contribution in [1.29, 1.82) is 0 Å². The lowest BCUT2D eigenvalue weighted by Gasteiger charge is -2.16. The van der Waals surface area contributed by atoms with Crippen LogP contribution in [0.25, 0.3) is 16.6 Å². The van der Waals surface area contributed by atoms with E-state index in [0.29, 0.717) is 27.5 Å². The Labute approximate surface area is 166 Å². The molecule has 0 bridgehead atoms. The number of hydrogen-bond acceptors (Lipinski definition) is 5. The molecule has 7 heteroatoms. The van der Waals surface area contributed by atoms with Gasteiger partial charge in [0.25, 0.3) is 0 Å². The first-order valence-corrected chi connectivity index (χ1v) is 9.39. The van der Waals surface area contributed by atoms with Gasteiger partial charge in [0.2, 0.25) is 0 Å². The summed E-state index contributed by atoms with van der Waals surface area (Å²) in [6.07, 6.45) is 3.46. The van der Waals surface area contributed by atoms with Gasteiger partial charge in [-0.25, -0.2) is 4.79 Å². The fourth-order valence-corrected chi connectivity index (χ4v) is 3.47. The predicted octanol–water partition coefficient (Wildman–Crippen LogP) is 3.72. The third-order valence-electron chi connectivity index (χ3n) is 4.86. The van der Waals surface area contributed by atoms with Crippen molar-refractivity contribution in [3.63, 3.8) is 0 Å². The van der Waals surface area contributed by atoms with Crippen LogP contribution in [0.15, 0.2) is 59.2 Å². The summed E-state index contributed by atoms with van der Waals surface area (Å²) in [7, 11) is 0. The van der Waals surface area contributed by atoms with Crippen molar-refractivity contribution in [1.82, 2.24) is 9.55 Å². The first kappa shape index (κ1) is 18.3. The summed E-state index contributed by atoms with van der Waals surface area (Å²) in [5.74, 6) is 0.556. The molecule has 0 spiro atoms. The van der Waals surface area contributed by atoms with Gasteiger partial charge in [0.1, 0.15) is 5.82 Å². The average Bonchev–Trinajstić information content (AvgIpc) is 3.51. The fraction of sp³-hybridized carbons (Fsp3) is 0.190. The van der Waals surface area contributed by atoms with Gasteiger partial charge in [0.15, 0.2) is 5.78 Å². The average molecular weight is 395 g/mol. The second kappa shape index (κ2) is 7.13. The van der Waals surface area contributed by atoms with Crippen LogP contribution in [0.4, 0.5) is 5.82 Å². The van der Waals surface area contributed by atoms with Gasteiger partial charge in [0.05, 0.1) is 21.9 Å². The molecule has 0 saturated heterocycles. The number of Topliss-reactive ketones (excluding diaryl/α,β-unsaturated/α-hetero) is 1. The molecule has 1 heterocycles. The molecule has 1 aromatic heterocycles. The van der Waals surface area contributed by atoms with E-state index in [-0.39, 0.29) is 17.3 Å². The zero-order valence-corrected chi connectivity index (χ0v) is 16.0. The second-order valence-corrected chi connectivity index (χ2v) is 7.25. The minimum absolute atomic E-state index is 0.176.